The van der Waals surface area contributed by atoms with Crippen LogP contribution >= 0.6 is 0 Å². The van der Waals surface area contributed by atoms with E-state index in [2.05, 4.69) is 14.9 Å². The largest absolute Gasteiger partial charge is 0.464 e. The van der Waals surface area contributed by atoms with Crippen molar-refractivity contribution >= 4 is 16.9 Å². The number of fused-ring (bicyclic) bond motifs is 1. The highest BCUT2D eigenvalue weighted by molar-refractivity contribution is 5.83. The minimum absolute atomic E-state index is 0.150. The van der Waals surface area contributed by atoms with Crippen molar-refractivity contribution in [3.05, 3.63) is 30.0 Å². The van der Waals surface area contributed by atoms with Crippen molar-refractivity contribution in [2.45, 2.75) is 19.1 Å². The molecule has 0 saturated carbocycles. The van der Waals surface area contributed by atoms with Crippen molar-refractivity contribution in [3.8, 4) is 0 Å². The Hall–Kier alpha value is -1.92. The summed E-state index contributed by atoms with van der Waals surface area (Å²) < 4.78 is 4.67. The summed E-state index contributed by atoms with van der Waals surface area (Å²) in [6, 6.07) is 5.15. The summed E-state index contributed by atoms with van der Waals surface area (Å²) >= 11 is 0. The number of aromatic nitrogens is 2. The van der Waals surface area contributed by atoms with Gasteiger partial charge in [-0.25, -0.2) is 4.79 Å². The molecule has 2 unspecified atom stereocenters. The maximum atomic E-state index is 11.4. The number of hydrogen-bond acceptors (Lipinski definition) is 5. The number of esters is 1. The third kappa shape index (κ3) is 2.20. The van der Waals surface area contributed by atoms with Gasteiger partial charge in [0.05, 0.1) is 18.3 Å². The number of aliphatic hydroxyl groups excluding tert-OH is 2. The van der Waals surface area contributed by atoms with Crippen molar-refractivity contribution < 1.29 is 19.7 Å². The minimum Gasteiger partial charge on any atom is -0.464 e. The quantitative estimate of drug-likeness (QED) is 0.687. The number of aromatic amines is 1. The van der Waals surface area contributed by atoms with E-state index in [1.165, 1.54) is 0 Å². The molecule has 1 heterocycles. The van der Waals surface area contributed by atoms with Gasteiger partial charge in [0.2, 0.25) is 0 Å². The van der Waals surface area contributed by atoms with Gasteiger partial charge in [-0.15, -0.1) is 0 Å². The van der Waals surface area contributed by atoms with Gasteiger partial charge >= 0.3 is 5.97 Å². The maximum absolute atomic E-state index is 11.4. The molecule has 6 nitrogen and oxygen atoms in total. The molecule has 0 aliphatic rings. The molecule has 0 fully saturated rings. The van der Waals surface area contributed by atoms with Crippen molar-refractivity contribution in [3.63, 3.8) is 0 Å². The second kappa shape index (κ2) is 5.16. The Morgan fingerprint density at radius 2 is 2.28 bits per heavy atom. The Bertz CT molecular complexity index is 552. The van der Waals surface area contributed by atoms with Crippen LogP contribution in [0.2, 0.25) is 0 Å². The zero-order valence-electron chi connectivity index (χ0n) is 9.83. The molecule has 18 heavy (non-hydrogen) atoms. The van der Waals surface area contributed by atoms with Crippen molar-refractivity contribution in [2.75, 3.05) is 6.61 Å². The SMILES string of the molecule is CCOC(=O)C(O)C(O)c1cccc2cn[nH]c12. The highest BCUT2D eigenvalue weighted by Crippen LogP contribution is 2.25. The van der Waals surface area contributed by atoms with E-state index < -0.39 is 18.2 Å². The van der Waals surface area contributed by atoms with E-state index in [1.54, 1.807) is 25.3 Å². The Morgan fingerprint density at radius 3 is 3.00 bits per heavy atom. The zero-order valence-corrected chi connectivity index (χ0v) is 9.83. The molecule has 2 aromatic rings. The fourth-order valence-corrected chi connectivity index (χ4v) is 1.76. The van der Waals surface area contributed by atoms with Gasteiger partial charge < -0.3 is 14.9 Å². The Balaban J connectivity index is 2.30. The van der Waals surface area contributed by atoms with Crippen LogP contribution < -0.4 is 0 Å². The monoisotopic (exact) mass is 250 g/mol. The molecule has 2 rings (SSSR count). The van der Waals surface area contributed by atoms with Gasteiger partial charge in [-0.3, -0.25) is 5.10 Å². The molecule has 1 aromatic heterocycles. The van der Waals surface area contributed by atoms with Crippen molar-refractivity contribution in [1.82, 2.24) is 10.2 Å². The molecule has 0 radical (unpaired) electrons. The van der Waals surface area contributed by atoms with E-state index in [9.17, 15) is 15.0 Å². The predicted octanol–water partition coefficient (Wildman–Crippen LogP) is 0.520. The van der Waals surface area contributed by atoms with E-state index in [0.29, 0.717) is 11.1 Å². The van der Waals surface area contributed by atoms with Crippen LogP contribution in [0.4, 0.5) is 0 Å². The molecule has 0 saturated heterocycles. The summed E-state index contributed by atoms with van der Waals surface area (Å²) in [5.74, 6) is -0.846. The highest BCUT2D eigenvalue weighted by atomic mass is 16.5. The number of carbonyl (C=O) groups excluding carboxylic acids is 1. The lowest BCUT2D eigenvalue weighted by molar-refractivity contribution is -0.159. The zero-order chi connectivity index (χ0) is 13.1. The predicted molar refractivity (Wildman–Crippen MR) is 63.7 cm³/mol. The first kappa shape index (κ1) is 12.5. The standard InChI is InChI=1S/C12H14N2O4/c1-2-18-12(17)11(16)10(15)8-5-3-4-7-6-13-14-9(7)8/h3-6,10-11,15-16H,2H2,1H3,(H,13,14). The van der Waals surface area contributed by atoms with E-state index in [1.807, 2.05) is 6.07 Å². The number of rotatable bonds is 4. The van der Waals surface area contributed by atoms with Crippen LogP contribution in [-0.2, 0) is 9.53 Å². The molecule has 0 bridgehead atoms. The number of ether oxygens (including phenoxy) is 1. The van der Waals surface area contributed by atoms with Crippen LogP contribution in [0.3, 0.4) is 0 Å². The van der Waals surface area contributed by atoms with Gasteiger partial charge in [-0.2, -0.15) is 5.10 Å². The summed E-state index contributed by atoms with van der Waals surface area (Å²) in [6.07, 6.45) is -1.37. The molecule has 2 atom stereocenters. The number of para-hydroxylation sites is 1. The normalized spacial score (nSPS) is 14.4. The molecular formula is C12H14N2O4. The average Bonchev–Trinajstić information content (AvgIpc) is 2.85. The first-order valence-electron chi connectivity index (χ1n) is 5.60. The molecule has 6 heteroatoms. The first-order chi connectivity index (χ1) is 8.65. The van der Waals surface area contributed by atoms with E-state index >= 15 is 0 Å². The highest BCUT2D eigenvalue weighted by Gasteiger charge is 2.28. The summed E-state index contributed by atoms with van der Waals surface area (Å²) in [6.45, 7) is 1.78. The summed E-state index contributed by atoms with van der Waals surface area (Å²) in [4.78, 5) is 11.4. The van der Waals surface area contributed by atoms with Crippen LogP contribution in [0.1, 0.15) is 18.6 Å². The fraction of sp³-hybridized carbons (Fsp3) is 0.333. The summed E-state index contributed by atoms with van der Waals surface area (Å²) in [5, 5.41) is 27.1. The Morgan fingerprint density at radius 1 is 1.50 bits per heavy atom. The van der Waals surface area contributed by atoms with Gasteiger partial charge in [-0.05, 0) is 6.92 Å². The van der Waals surface area contributed by atoms with Gasteiger partial charge in [0.15, 0.2) is 6.10 Å². The number of nitrogens with one attached hydrogen (secondary N) is 1. The molecule has 0 aliphatic heterocycles. The topological polar surface area (TPSA) is 95.4 Å². The number of benzene rings is 1. The lowest BCUT2D eigenvalue weighted by Gasteiger charge is -2.17. The third-order valence-corrected chi connectivity index (χ3v) is 2.65. The smallest absolute Gasteiger partial charge is 0.338 e. The molecule has 3 N–H and O–H groups in total. The summed E-state index contributed by atoms with van der Waals surface area (Å²) in [5.41, 5.74) is 0.999. The average molecular weight is 250 g/mol. The number of nitrogens with zero attached hydrogens (tertiary/aromatic N) is 1. The van der Waals surface area contributed by atoms with Gasteiger partial charge in [0.25, 0.3) is 0 Å². The lowest BCUT2D eigenvalue weighted by atomic mass is 10.0. The van der Waals surface area contributed by atoms with Gasteiger partial charge in [0.1, 0.15) is 6.10 Å². The third-order valence-electron chi connectivity index (χ3n) is 2.65. The summed E-state index contributed by atoms with van der Waals surface area (Å²) in [7, 11) is 0. The molecule has 0 spiro atoms. The fourth-order valence-electron chi connectivity index (χ4n) is 1.76. The maximum Gasteiger partial charge on any atom is 0.338 e. The van der Waals surface area contributed by atoms with E-state index in [-0.39, 0.29) is 6.61 Å². The second-order valence-electron chi connectivity index (χ2n) is 3.82. The number of H-pyrrole nitrogens is 1. The van der Waals surface area contributed by atoms with Crippen LogP contribution in [0.5, 0.6) is 0 Å². The minimum atomic E-state index is -1.61. The molecule has 1 aromatic carbocycles. The van der Waals surface area contributed by atoms with Crippen LogP contribution in [-0.4, -0.2) is 39.1 Å². The number of hydrogen-bond donors (Lipinski definition) is 3. The van der Waals surface area contributed by atoms with Gasteiger partial charge in [0, 0.05) is 10.9 Å². The molecule has 0 aliphatic carbocycles. The Labute approximate surface area is 103 Å². The molecular weight excluding hydrogens is 236 g/mol. The van der Waals surface area contributed by atoms with Crippen LogP contribution in [0.15, 0.2) is 24.4 Å². The van der Waals surface area contributed by atoms with Crippen LogP contribution in [0, 0.1) is 0 Å². The second-order valence-corrected chi connectivity index (χ2v) is 3.82. The van der Waals surface area contributed by atoms with Crippen LogP contribution in [0.25, 0.3) is 10.9 Å². The molecule has 96 valence electrons. The van der Waals surface area contributed by atoms with Crippen molar-refractivity contribution in [1.29, 1.82) is 0 Å². The van der Waals surface area contributed by atoms with E-state index in [0.717, 1.165) is 5.39 Å². The number of aliphatic hydroxyl groups is 2. The number of carbonyl (C=O) groups is 1. The molecule has 0 amide bonds. The Kier molecular flexibility index (Phi) is 3.59. The van der Waals surface area contributed by atoms with Crippen molar-refractivity contribution in [2.24, 2.45) is 0 Å². The van der Waals surface area contributed by atoms with E-state index in [4.69, 9.17) is 0 Å². The lowest BCUT2D eigenvalue weighted by Crippen LogP contribution is -2.30. The first-order valence-corrected chi connectivity index (χ1v) is 5.60. The van der Waals surface area contributed by atoms with Gasteiger partial charge in [-0.1, -0.05) is 18.2 Å².